The van der Waals surface area contributed by atoms with Gasteiger partial charge in [-0.05, 0) is 42.7 Å². The van der Waals surface area contributed by atoms with Gasteiger partial charge in [0.15, 0.2) is 0 Å². The van der Waals surface area contributed by atoms with Crippen molar-refractivity contribution >= 4 is 29.4 Å². The summed E-state index contributed by atoms with van der Waals surface area (Å²) in [6, 6.07) is 5.74. The lowest BCUT2D eigenvalue weighted by Gasteiger charge is -2.07. The summed E-state index contributed by atoms with van der Waals surface area (Å²) in [5.41, 5.74) is 0.767. The molecule has 1 aromatic carbocycles. The van der Waals surface area contributed by atoms with Gasteiger partial charge in [-0.25, -0.2) is 9.59 Å². The van der Waals surface area contributed by atoms with E-state index in [1.54, 1.807) is 23.9 Å². The van der Waals surface area contributed by atoms with Crippen molar-refractivity contribution in [1.29, 1.82) is 0 Å². The summed E-state index contributed by atoms with van der Waals surface area (Å²) in [5, 5.41) is 14.1. The molecular formula is C12H16N2O3S. The molecule has 1 aromatic rings. The van der Waals surface area contributed by atoms with Crippen LogP contribution in [0.25, 0.3) is 0 Å². The van der Waals surface area contributed by atoms with Crippen molar-refractivity contribution in [3.63, 3.8) is 0 Å². The van der Waals surface area contributed by atoms with Crippen LogP contribution < -0.4 is 10.6 Å². The number of carbonyl (C=O) groups is 2. The van der Waals surface area contributed by atoms with Crippen molar-refractivity contribution in [3.05, 3.63) is 29.8 Å². The van der Waals surface area contributed by atoms with Crippen LogP contribution in [0.4, 0.5) is 10.5 Å². The van der Waals surface area contributed by atoms with Gasteiger partial charge in [0.2, 0.25) is 0 Å². The first-order valence-electron chi connectivity index (χ1n) is 5.50. The molecule has 0 atom stereocenters. The average Bonchev–Trinajstić information content (AvgIpc) is 2.35. The molecule has 2 amide bonds. The van der Waals surface area contributed by atoms with Gasteiger partial charge in [-0.2, -0.15) is 11.8 Å². The molecule has 0 aliphatic rings. The zero-order valence-corrected chi connectivity index (χ0v) is 10.9. The second kappa shape index (κ2) is 7.60. The maximum atomic E-state index is 11.4. The summed E-state index contributed by atoms with van der Waals surface area (Å²) in [7, 11) is 0. The Morgan fingerprint density at radius 3 is 2.50 bits per heavy atom. The molecule has 18 heavy (non-hydrogen) atoms. The smallest absolute Gasteiger partial charge is 0.335 e. The lowest BCUT2D eigenvalue weighted by molar-refractivity contribution is 0.0697. The molecule has 0 saturated carbocycles. The highest BCUT2D eigenvalue weighted by molar-refractivity contribution is 7.98. The molecule has 0 spiro atoms. The maximum absolute atomic E-state index is 11.4. The second-order valence-corrected chi connectivity index (χ2v) is 4.60. The van der Waals surface area contributed by atoms with Gasteiger partial charge in [-0.15, -0.1) is 0 Å². The van der Waals surface area contributed by atoms with E-state index in [4.69, 9.17) is 5.11 Å². The van der Waals surface area contributed by atoms with Gasteiger partial charge < -0.3 is 15.7 Å². The molecule has 0 fully saturated rings. The first-order valence-corrected chi connectivity index (χ1v) is 6.90. The number of amides is 2. The van der Waals surface area contributed by atoms with E-state index in [0.29, 0.717) is 12.2 Å². The molecule has 1 rings (SSSR count). The molecule has 0 saturated heterocycles. The number of aromatic carboxylic acids is 1. The minimum atomic E-state index is -0.983. The fraction of sp³-hybridized carbons (Fsp3) is 0.333. The van der Waals surface area contributed by atoms with Crippen LogP contribution in [0, 0.1) is 0 Å². The summed E-state index contributed by atoms with van der Waals surface area (Å²) in [6.45, 7) is 0.625. The molecule has 0 heterocycles. The quantitative estimate of drug-likeness (QED) is 0.691. The second-order valence-electron chi connectivity index (χ2n) is 3.61. The number of anilines is 1. The predicted molar refractivity (Wildman–Crippen MR) is 73.4 cm³/mol. The van der Waals surface area contributed by atoms with Gasteiger partial charge in [-0.3, -0.25) is 0 Å². The number of urea groups is 1. The lowest BCUT2D eigenvalue weighted by atomic mass is 10.2. The Kier molecular flexibility index (Phi) is 6.07. The standard InChI is InChI=1S/C12H16N2O3S/c1-18-8-2-7-13-12(17)14-10-5-3-9(4-6-10)11(15)16/h3-6H,2,7-8H2,1H3,(H,15,16)(H2,13,14,17). The van der Waals surface area contributed by atoms with Crippen LogP contribution in [-0.4, -0.2) is 35.7 Å². The van der Waals surface area contributed by atoms with Crippen molar-refractivity contribution in [3.8, 4) is 0 Å². The summed E-state index contributed by atoms with van der Waals surface area (Å²) in [6.07, 6.45) is 2.94. The van der Waals surface area contributed by atoms with Crippen molar-refractivity contribution in [2.45, 2.75) is 6.42 Å². The molecule has 5 nitrogen and oxygen atoms in total. The van der Waals surface area contributed by atoms with E-state index in [1.807, 2.05) is 6.26 Å². The molecule has 0 unspecified atom stereocenters. The highest BCUT2D eigenvalue weighted by atomic mass is 32.2. The van der Waals surface area contributed by atoms with E-state index in [-0.39, 0.29) is 11.6 Å². The van der Waals surface area contributed by atoms with E-state index in [1.165, 1.54) is 12.1 Å². The molecular weight excluding hydrogens is 252 g/mol. The SMILES string of the molecule is CSCCCNC(=O)Nc1ccc(C(=O)O)cc1. The highest BCUT2D eigenvalue weighted by Crippen LogP contribution is 2.09. The van der Waals surface area contributed by atoms with Gasteiger partial charge in [0.05, 0.1) is 5.56 Å². The molecule has 98 valence electrons. The Labute approximate surface area is 110 Å². The molecule has 0 aliphatic heterocycles. The zero-order chi connectivity index (χ0) is 13.4. The third-order valence-corrected chi connectivity index (χ3v) is 2.90. The Morgan fingerprint density at radius 1 is 1.28 bits per heavy atom. The van der Waals surface area contributed by atoms with E-state index >= 15 is 0 Å². The summed E-state index contributed by atoms with van der Waals surface area (Å²) >= 11 is 1.73. The molecule has 3 N–H and O–H groups in total. The number of rotatable bonds is 6. The van der Waals surface area contributed by atoms with E-state index < -0.39 is 5.97 Å². The van der Waals surface area contributed by atoms with Gasteiger partial charge in [0.1, 0.15) is 0 Å². The van der Waals surface area contributed by atoms with Gasteiger partial charge in [-0.1, -0.05) is 0 Å². The normalized spacial score (nSPS) is 9.83. The number of carbonyl (C=O) groups excluding carboxylic acids is 1. The topological polar surface area (TPSA) is 78.4 Å². The Bertz CT molecular complexity index is 406. The minimum Gasteiger partial charge on any atom is -0.478 e. The Balaban J connectivity index is 2.37. The maximum Gasteiger partial charge on any atom is 0.335 e. The fourth-order valence-electron chi connectivity index (χ4n) is 1.29. The van der Waals surface area contributed by atoms with Gasteiger partial charge in [0.25, 0.3) is 0 Å². The number of carboxylic acids is 1. The predicted octanol–water partition coefficient (Wildman–Crippen LogP) is 2.26. The molecule has 6 heteroatoms. The van der Waals surface area contributed by atoms with Crippen molar-refractivity contribution in [1.82, 2.24) is 5.32 Å². The number of carboxylic acid groups (broad SMARTS) is 1. The van der Waals surface area contributed by atoms with Crippen LogP contribution >= 0.6 is 11.8 Å². The van der Waals surface area contributed by atoms with Crippen LogP contribution in [0.15, 0.2) is 24.3 Å². The number of nitrogens with one attached hydrogen (secondary N) is 2. The van der Waals surface area contributed by atoms with Gasteiger partial charge >= 0.3 is 12.0 Å². The summed E-state index contributed by atoms with van der Waals surface area (Å²) in [5.74, 6) is 0.0243. The van der Waals surface area contributed by atoms with Crippen molar-refractivity contribution < 1.29 is 14.7 Å². The van der Waals surface area contributed by atoms with E-state index in [2.05, 4.69) is 10.6 Å². The first kappa shape index (κ1) is 14.4. The van der Waals surface area contributed by atoms with Crippen LogP contribution in [0.3, 0.4) is 0 Å². The zero-order valence-electron chi connectivity index (χ0n) is 10.1. The number of hydrogen-bond acceptors (Lipinski definition) is 3. The van der Waals surface area contributed by atoms with Crippen LogP contribution in [0.5, 0.6) is 0 Å². The largest absolute Gasteiger partial charge is 0.478 e. The summed E-state index contributed by atoms with van der Waals surface area (Å²) < 4.78 is 0. The van der Waals surface area contributed by atoms with Crippen LogP contribution in [-0.2, 0) is 0 Å². The van der Waals surface area contributed by atoms with E-state index in [9.17, 15) is 9.59 Å². The fourth-order valence-corrected chi connectivity index (χ4v) is 1.72. The monoisotopic (exact) mass is 268 g/mol. The average molecular weight is 268 g/mol. The summed E-state index contributed by atoms with van der Waals surface area (Å²) in [4.78, 5) is 22.1. The molecule has 0 aromatic heterocycles. The van der Waals surface area contributed by atoms with E-state index in [0.717, 1.165) is 12.2 Å². The minimum absolute atomic E-state index is 0.195. The lowest BCUT2D eigenvalue weighted by Crippen LogP contribution is -2.29. The third-order valence-electron chi connectivity index (χ3n) is 2.20. The highest BCUT2D eigenvalue weighted by Gasteiger charge is 2.03. The third kappa shape index (κ3) is 5.09. The number of hydrogen-bond donors (Lipinski definition) is 3. The Hall–Kier alpha value is -1.69. The van der Waals surface area contributed by atoms with Crippen molar-refractivity contribution in [2.75, 3.05) is 23.9 Å². The molecule has 0 aliphatic carbocycles. The molecule has 0 radical (unpaired) electrons. The number of thioether (sulfide) groups is 1. The van der Waals surface area contributed by atoms with Crippen molar-refractivity contribution in [2.24, 2.45) is 0 Å². The molecule has 0 bridgehead atoms. The first-order chi connectivity index (χ1) is 8.63. The van der Waals surface area contributed by atoms with Crippen LogP contribution in [0.2, 0.25) is 0 Å². The van der Waals surface area contributed by atoms with Crippen LogP contribution in [0.1, 0.15) is 16.8 Å². The van der Waals surface area contributed by atoms with Gasteiger partial charge in [0, 0.05) is 12.2 Å². The Morgan fingerprint density at radius 2 is 1.94 bits per heavy atom. The number of benzene rings is 1.